The predicted octanol–water partition coefficient (Wildman–Crippen LogP) is 2.59. The third kappa shape index (κ3) is 2.89. The highest BCUT2D eigenvalue weighted by Gasteiger charge is 2.12. The van der Waals surface area contributed by atoms with Crippen LogP contribution in [0.2, 0.25) is 5.15 Å². The lowest BCUT2D eigenvalue weighted by Gasteiger charge is -2.04. The number of nitrogens with zero attached hydrogens (tertiary/aromatic N) is 3. The molecule has 8 heteroatoms. The van der Waals surface area contributed by atoms with Gasteiger partial charge >= 0.3 is 0 Å². The molecule has 1 aromatic carbocycles. The maximum absolute atomic E-state index is 13.5. The zero-order chi connectivity index (χ0) is 15.7. The molecule has 0 bridgehead atoms. The largest absolute Gasteiger partial charge is 0.346 e. The molecule has 0 radical (unpaired) electrons. The lowest BCUT2D eigenvalue weighted by atomic mass is 10.2. The van der Waals surface area contributed by atoms with Crippen LogP contribution in [0, 0.1) is 11.6 Å². The van der Waals surface area contributed by atoms with Gasteiger partial charge < -0.3 is 5.32 Å². The molecule has 2 heterocycles. The van der Waals surface area contributed by atoms with Gasteiger partial charge in [0.1, 0.15) is 22.5 Å². The first-order valence-corrected chi connectivity index (χ1v) is 6.65. The van der Waals surface area contributed by atoms with E-state index in [0.29, 0.717) is 5.65 Å². The van der Waals surface area contributed by atoms with Crippen molar-refractivity contribution in [3.63, 3.8) is 0 Å². The quantitative estimate of drug-likeness (QED) is 0.806. The van der Waals surface area contributed by atoms with Gasteiger partial charge in [-0.15, -0.1) is 0 Å². The van der Waals surface area contributed by atoms with E-state index in [1.165, 1.54) is 10.7 Å². The molecule has 0 saturated heterocycles. The fourth-order valence-corrected chi connectivity index (χ4v) is 2.06. The van der Waals surface area contributed by atoms with Crippen LogP contribution in [0.15, 0.2) is 36.5 Å². The smallest absolute Gasteiger partial charge is 0.271 e. The lowest BCUT2D eigenvalue weighted by Crippen LogP contribution is -2.23. The summed E-state index contributed by atoms with van der Waals surface area (Å²) in [6.07, 6.45) is 1.40. The summed E-state index contributed by atoms with van der Waals surface area (Å²) < 4.78 is 27.9. The molecule has 3 aromatic rings. The Morgan fingerprint density at radius 3 is 2.91 bits per heavy atom. The van der Waals surface area contributed by atoms with Crippen molar-refractivity contribution in [3.05, 3.63) is 64.6 Å². The van der Waals surface area contributed by atoms with Gasteiger partial charge in [-0.25, -0.2) is 18.3 Å². The fraction of sp³-hybridized carbons (Fsp3) is 0.0714. The van der Waals surface area contributed by atoms with Crippen LogP contribution in [0.3, 0.4) is 0 Å². The number of halogens is 3. The zero-order valence-electron chi connectivity index (χ0n) is 11.1. The van der Waals surface area contributed by atoms with E-state index < -0.39 is 17.5 Å². The average molecular weight is 323 g/mol. The summed E-state index contributed by atoms with van der Waals surface area (Å²) >= 11 is 5.74. The summed E-state index contributed by atoms with van der Waals surface area (Å²) in [5.41, 5.74) is 0.608. The van der Waals surface area contributed by atoms with Crippen molar-refractivity contribution >= 4 is 23.2 Å². The summed E-state index contributed by atoms with van der Waals surface area (Å²) in [5.74, 6) is -1.69. The molecule has 0 aliphatic carbocycles. The molecule has 5 nitrogen and oxygen atoms in total. The van der Waals surface area contributed by atoms with E-state index in [-0.39, 0.29) is 23.0 Å². The average Bonchev–Trinajstić information content (AvgIpc) is 2.91. The summed E-state index contributed by atoms with van der Waals surface area (Å²) in [5, 5.41) is 6.69. The Hall–Kier alpha value is -2.54. The van der Waals surface area contributed by atoms with Crippen LogP contribution < -0.4 is 5.32 Å². The maximum Gasteiger partial charge on any atom is 0.271 e. The summed E-state index contributed by atoms with van der Waals surface area (Å²) in [6.45, 7) is -0.148. The first-order chi connectivity index (χ1) is 10.5. The van der Waals surface area contributed by atoms with Gasteiger partial charge in [0.15, 0.2) is 5.65 Å². The molecule has 1 amide bonds. The molecular weight excluding hydrogens is 314 g/mol. The molecule has 0 aliphatic rings. The second-order valence-corrected chi connectivity index (χ2v) is 4.89. The SMILES string of the molecule is O=C(NCc1cc(F)ccc1F)c1cn2nc(Cl)ccc2n1. The highest BCUT2D eigenvalue weighted by atomic mass is 35.5. The van der Waals surface area contributed by atoms with Gasteiger partial charge in [0.25, 0.3) is 5.91 Å². The van der Waals surface area contributed by atoms with Crippen LogP contribution >= 0.6 is 11.6 Å². The van der Waals surface area contributed by atoms with Crippen LogP contribution in [-0.4, -0.2) is 20.5 Å². The van der Waals surface area contributed by atoms with Crippen molar-refractivity contribution in [3.8, 4) is 0 Å². The lowest BCUT2D eigenvalue weighted by molar-refractivity contribution is 0.0946. The Labute approximate surface area is 128 Å². The molecule has 0 aliphatic heterocycles. The van der Waals surface area contributed by atoms with Gasteiger partial charge in [-0.05, 0) is 30.3 Å². The summed E-state index contributed by atoms with van der Waals surface area (Å²) in [6, 6.07) is 6.21. The topological polar surface area (TPSA) is 59.3 Å². The molecular formula is C14H9ClF2N4O. The Morgan fingerprint density at radius 2 is 2.09 bits per heavy atom. The monoisotopic (exact) mass is 322 g/mol. The van der Waals surface area contributed by atoms with Crippen molar-refractivity contribution in [1.29, 1.82) is 0 Å². The van der Waals surface area contributed by atoms with E-state index in [2.05, 4.69) is 15.4 Å². The van der Waals surface area contributed by atoms with E-state index in [1.54, 1.807) is 12.1 Å². The highest BCUT2D eigenvalue weighted by Crippen LogP contribution is 2.11. The number of aromatic nitrogens is 3. The van der Waals surface area contributed by atoms with Crippen LogP contribution in [0.25, 0.3) is 5.65 Å². The van der Waals surface area contributed by atoms with Crippen molar-refractivity contribution in [2.24, 2.45) is 0 Å². The third-order valence-corrected chi connectivity index (χ3v) is 3.17. The molecule has 1 N–H and O–H groups in total. The van der Waals surface area contributed by atoms with Gasteiger partial charge in [-0.3, -0.25) is 4.79 Å². The normalized spacial score (nSPS) is 10.9. The van der Waals surface area contributed by atoms with E-state index >= 15 is 0 Å². The second-order valence-electron chi connectivity index (χ2n) is 4.50. The maximum atomic E-state index is 13.5. The number of imidazole rings is 1. The van der Waals surface area contributed by atoms with E-state index in [9.17, 15) is 13.6 Å². The second kappa shape index (κ2) is 5.69. The molecule has 22 heavy (non-hydrogen) atoms. The van der Waals surface area contributed by atoms with Crippen molar-refractivity contribution < 1.29 is 13.6 Å². The van der Waals surface area contributed by atoms with Crippen LogP contribution in [0.1, 0.15) is 16.1 Å². The number of rotatable bonds is 3. The van der Waals surface area contributed by atoms with E-state index in [1.807, 2.05) is 0 Å². The van der Waals surface area contributed by atoms with Crippen LogP contribution in [0.5, 0.6) is 0 Å². The predicted molar refractivity (Wildman–Crippen MR) is 75.5 cm³/mol. The zero-order valence-corrected chi connectivity index (χ0v) is 11.8. The Morgan fingerprint density at radius 1 is 1.27 bits per heavy atom. The fourth-order valence-electron chi connectivity index (χ4n) is 1.91. The van der Waals surface area contributed by atoms with Crippen molar-refractivity contribution in [2.75, 3.05) is 0 Å². The van der Waals surface area contributed by atoms with E-state index in [4.69, 9.17) is 11.6 Å². The first-order valence-electron chi connectivity index (χ1n) is 6.27. The molecule has 0 atom stereocenters. The number of amides is 1. The number of benzene rings is 1. The van der Waals surface area contributed by atoms with Gasteiger partial charge in [0.05, 0.1) is 6.20 Å². The van der Waals surface area contributed by atoms with Crippen LogP contribution in [-0.2, 0) is 6.54 Å². The van der Waals surface area contributed by atoms with Gasteiger partial charge in [0, 0.05) is 12.1 Å². The Balaban J connectivity index is 1.77. The Kier molecular flexibility index (Phi) is 3.72. The minimum Gasteiger partial charge on any atom is -0.346 e. The number of carbonyl (C=O) groups excluding carboxylic acids is 1. The summed E-state index contributed by atoms with van der Waals surface area (Å²) in [4.78, 5) is 16.1. The van der Waals surface area contributed by atoms with Crippen molar-refractivity contribution in [2.45, 2.75) is 6.54 Å². The molecule has 112 valence electrons. The minimum absolute atomic E-state index is 0.0540. The minimum atomic E-state index is -0.592. The first kappa shape index (κ1) is 14.4. The standard InChI is InChI=1S/C14H9ClF2N4O/c15-12-3-4-13-19-11(7-21(13)20-12)14(22)18-6-8-5-9(16)1-2-10(8)17/h1-5,7H,6H2,(H,18,22). The highest BCUT2D eigenvalue weighted by molar-refractivity contribution is 6.29. The number of carbonyl (C=O) groups is 1. The number of fused-ring (bicyclic) bond motifs is 1. The van der Waals surface area contributed by atoms with Gasteiger partial charge in [-0.1, -0.05) is 11.6 Å². The van der Waals surface area contributed by atoms with Gasteiger partial charge in [0.2, 0.25) is 0 Å². The summed E-state index contributed by atoms with van der Waals surface area (Å²) in [7, 11) is 0. The van der Waals surface area contributed by atoms with Crippen molar-refractivity contribution in [1.82, 2.24) is 19.9 Å². The Bertz CT molecular complexity index is 865. The number of nitrogens with one attached hydrogen (secondary N) is 1. The molecule has 2 aromatic heterocycles. The molecule has 0 saturated carbocycles. The molecule has 0 unspecified atom stereocenters. The number of hydrogen-bond donors (Lipinski definition) is 1. The molecule has 0 spiro atoms. The third-order valence-electron chi connectivity index (χ3n) is 2.97. The molecule has 0 fully saturated rings. The molecule has 3 rings (SSSR count). The van der Waals surface area contributed by atoms with Crippen LogP contribution in [0.4, 0.5) is 8.78 Å². The van der Waals surface area contributed by atoms with E-state index in [0.717, 1.165) is 18.2 Å². The van der Waals surface area contributed by atoms with Gasteiger partial charge in [-0.2, -0.15) is 5.10 Å². The number of hydrogen-bond acceptors (Lipinski definition) is 3.